The molecule has 3 heterocycles. The standard InChI is InChI=1S/C29H39N3O7/c1-18-7-5-11-30-25(35)10-9-20(3)27(21(4)16-33)39-29(37)24-8-6-12-32(24)28(36)23-17-38-26(31-23)15-19(2)14-22(34)13-18/h5,7,9-10,13,17,20-22,24,27,33-34H,2,6,8,11-12,14-16H2,1,3-4H3,(H,30,35)/b7-5+,10-9+,18-13+/t20-,21-,22-,24-,27+/m1/s1. The summed E-state index contributed by atoms with van der Waals surface area (Å²) in [6.45, 7) is 9.84. The Morgan fingerprint density at radius 2 is 2.05 bits per heavy atom. The minimum atomic E-state index is -0.793. The van der Waals surface area contributed by atoms with Gasteiger partial charge in [0, 0.05) is 38.0 Å². The van der Waals surface area contributed by atoms with Crippen molar-refractivity contribution in [1.82, 2.24) is 15.2 Å². The van der Waals surface area contributed by atoms with Gasteiger partial charge in [-0.1, -0.05) is 55.9 Å². The summed E-state index contributed by atoms with van der Waals surface area (Å²) in [6, 6.07) is -0.793. The summed E-state index contributed by atoms with van der Waals surface area (Å²) in [5, 5.41) is 23.0. The van der Waals surface area contributed by atoms with Gasteiger partial charge in [-0.15, -0.1) is 0 Å². The molecule has 0 aliphatic carbocycles. The van der Waals surface area contributed by atoms with Gasteiger partial charge in [0.1, 0.15) is 18.4 Å². The van der Waals surface area contributed by atoms with Crippen LogP contribution in [0.15, 0.2) is 58.8 Å². The first-order chi connectivity index (χ1) is 18.6. The van der Waals surface area contributed by atoms with Crippen LogP contribution in [0.25, 0.3) is 0 Å². The number of ether oxygens (including phenoxy) is 1. The molecule has 3 rings (SSSR count). The van der Waals surface area contributed by atoms with Crippen molar-refractivity contribution in [3.63, 3.8) is 0 Å². The number of hydrogen-bond acceptors (Lipinski definition) is 8. The second-order valence-corrected chi connectivity index (χ2v) is 10.3. The van der Waals surface area contributed by atoms with Crippen LogP contribution in [0.1, 0.15) is 56.4 Å². The molecule has 1 aromatic rings. The lowest BCUT2D eigenvalue weighted by Gasteiger charge is -2.30. The average Bonchev–Trinajstić information content (AvgIpc) is 3.57. The number of aliphatic hydroxyl groups excluding tert-OH is 2. The van der Waals surface area contributed by atoms with E-state index in [9.17, 15) is 24.6 Å². The van der Waals surface area contributed by atoms with Gasteiger partial charge in [-0.25, -0.2) is 9.78 Å². The molecule has 10 heteroatoms. The zero-order chi connectivity index (χ0) is 28.5. The number of nitrogens with zero attached hydrogens (tertiary/aromatic N) is 2. The number of rotatable bonds is 2. The highest BCUT2D eigenvalue weighted by Crippen LogP contribution is 2.25. The number of allylic oxidation sites excluding steroid dienone is 2. The van der Waals surface area contributed by atoms with Gasteiger partial charge in [0.05, 0.1) is 6.10 Å². The van der Waals surface area contributed by atoms with Gasteiger partial charge in [-0.3, -0.25) is 9.59 Å². The molecule has 0 spiro atoms. The molecule has 10 nitrogen and oxygen atoms in total. The molecule has 0 unspecified atom stereocenters. The highest BCUT2D eigenvalue weighted by atomic mass is 16.5. The summed E-state index contributed by atoms with van der Waals surface area (Å²) in [4.78, 5) is 44.5. The van der Waals surface area contributed by atoms with Gasteiger partial charge in [0.15, 0.2) is 11.6 Å². The Morgan fingerprint density at radius 1 is 1.28 bits per heavy atom. The van der Waals surface area contributed by atoms with E-state index in [1.54, 1.807) is 38.2 Å². The molecule has 2 bridgehead atoms. The molecule has 0 aromatic carbocycles. The molecule has 39 heavy (non-hydrogen) atoms. The maximum Gasteiger partial charge on any atom is 0.329 e. The van der Waals surface area contributed by atoms with Crippen molar-refractivity contribution in [1.29, 1.82) is 0 Å². The van der Waals surface area contributed by atoms with E-state index in [1.165, 1.54) is 17.2 Å². The first kappa shape index (κ1) is 30.0. The van der Waals surface area contributed by atoms with Crippen molar-refractivity contribution in [2.75, 3.05) is 19.7 Å². The smallest absolute Gasteiger partial charge is 0.329 e. The molecule has 1 aromatic heterocycles. The Kier molecular flexibility index (Phi) is 10.8. The topological polar surface area (TPSA) is 142 Å². The van der Waals surface area contributed by atoms with Crippen molar-refractivity contribution >= 4 is 17.8 Å². The summed E-state index contributed by atoms with van der Waals surface area (Å²) in [5.74, 6) is -1.79. The molecule has 0 saturated carbocycles. The Morgan fingerprint density at radius 3 is 2.79 bits per heavy atom. The zero-order valence-electron chi connectivity index (χ0n) is 22.8. The van der Waals surface area contributed by atoms with Crippen LogP contribution in [0, 0.1) is 11.8 Å². The lowest BCUT2D eigenvalue weighted by atomic mass is 9.93. The van der Waals surface area contributed by atoms with E-state index in [4.69, 9.17) is 9.15 Å². The fraction of sp³-hybridized carbons (Fsp3) is 0.517. The first-order valence-electron chi connectivity index (χ1n) is 13.3. The summed E-state index contributed by atoms with van der Waals surface area (Å²) < 4.78 is 11.3. The predicted molar refractivity (Wildman–Crippen MR) is 144 cm³/mol. The van der Waals surface area contributed by atoms with E-state index in [0.29, 0.717) is 30.9 Å². The maximum atomic E-state index is 13.2. The molecule has 5 atom stereocenters. The zero-order valence-corrected chi connectivity index (χ0v) is 22.8. The molecule has 2 aliphatic rings. The van der Waals surface area contributed by atoms with Crippen LogP contribution in [0.4, 0.5) is 0 Å². The highest BCUT2D eigenvalue weighted by molar-refractivity contribution is 5.95. The summed E-state index contributed by atoms with van der Waals surface area (Å²) in [7, 11) is 0. The third-order valence-corrected chi connectivity index (χ3v) is 6.86. The molecule has 0 radical (unpaired) electrons. The van der Waals surface area contributed by atoms with Crippen molar-refractivity contribution in [2.24, 2.45) is 11.8 Å². The number of oxazole rings is 1. The quantitative estimate of drug-likeness (QED) is 0.383. The first-order valence-corrected chi connectivity index (χ1v) is 13.3. The van der Waals surface area contributed by atoms with E-state index in [0.717, 1.165) is 5.57 Å². The molecular weight excluding hydrogens is 502 g/mol. The second-order valence-electron chi connectivity index (χ2n) is 10.3. The number of cyclic esters (lactones) is 1. The van der Waals surface area contributed by atoms with E-state index in [2.05, 4.69) is 16.9 Å². The number of aliphatic hydroxyl groups is 2. The van der Waals surface area contributed by atoms with Crippen molar-refractivity contribution in [2.45, 2.75) is 64.7 Å². The van der Waals surface area contributed by atoms with E-state index < -0.39 is 36.0 Å². The van der Waals surface area contributed by atoms with Crippen molar-refractivity contribution in [3.05, 3.63) is 66.0 Å². The number of carbonyl (C=O) groups is 3. The number of amides is 2. The molecule has 212 valence electrons. The van der Waals surface area contributed by atoms with Gasteiger partial charge in [0.25, 0.3) is 5.91 Å². The minimum absolute atomic E-state index is 0.0832. The predicted octanol–water partition coefficient (Wildman–Crippen LogP) is 2.49. The summed E-state index contributed by atoms with van der Waals surface area (Å²) in [6.07, 6.45) is 9.67. The fourth-order valence-corrected chi connectivity index (χ4v) is 4.76. The van der Waals surface area contributed by atoms with Crippen molar-refractivity contribution in [3.8, 4) is 0 Å². The van der Waals surface area contributed by atoms with Gasteiger partial charge < -0.3 is 29.6 Å². The van der Waals surface area contributed by atoms with Gasteiger partial charge in [-0.2, -0.15) is 0 Å². The molecule has 2 amide bonds. The molecule has 1 saturated heterocycles. The number of aromatic nitrogens is 1. The van der Waals surface area contributed by atoms with Crippen molar-refractivity contribution < 1.29 is 33.8 Å². The fourth-order valence-electron chi connectivity index (χ4n) is 4.76. The molecule has 1 fully saturated rings. The Balaban J connectivity index is 1.87. The normalized spacial score (nSPS) is 30.0. The average molecular weight is 542 g/mol. The Labute approximate surface area is 229 Å². The van der Waals surface area contributed by atoms with Crippen LogP contribution in [0.5, 0.6) is 0 Å². The largest absolute Gasteiger partial charge is 0.460 e. The monoisotopic (exact) mass is 541 g/mol. The van der Waals surface area contributed by atoms with E-state index in [1.807, 2.05) is 6.92 Å². The SMILES string of the molecule is C=C1Cc2nc(co2)C(=O)N2CCC[C@@H]2C(=O)O[C@H]([C@H](C)CO)[C@H](C)/C=C/C(=O)NC/C=C/C(C)=C/[C@@H](O)C1. The highest BCUT2D eigenvalue weighted by Gasteiger charge is 2.39. The summed E-state index contributed by atoms with van der Waals surface area (Å²) >= 11 is 0. The van der Waals surface area contributed by atoms with E-state index in [-0.39, 0.29) is 43.5 Å². The second kappa shape index (κ2) is 14.0. The van der Waals surface area contributed by atoms with Crippen LogP contribution < -0.4 is 5.32 Å². The number of fused-ring (bicyclic) bond motifs is 3. The Hall–Kier alpha value is -3.50. The van der Waals surface area contributed by atoms with Gasteiger partial charge in [-0.05, 0) is 32.3 Å². The summed E-state index contributed by atoms with van der Waals surface area (Å²) in [5.41, 5.74) is 1.58. The van der Waals surface area contributed by atoms with Crippen LogP contribution in [0.2, 0.25) is 0 Å². The number of hydrogen-bond donors (Lipinski definition) is 3. The van der Waals surface area contributed by atoms with Gasteiger partial charge in [0.2, 0.25) is 5.91 Å². The lowest BCUT2D eigenvalue weighted by Crippen LogP contribution is -2.44. The maximum absolute atomic E-state index is 13.2. The molecular formula is C29H39N3O7. The number of esters is 1. The van der Waals surface area contributed by atoms with Crippen LogP contribution in [-0.4, -0.2) is 75.8 Å². The minimum Gasteiger partial charge on any atom is -0.460 e. The number of nitrogens with one attached hydrogen (secondary N) is 1. The third kappa shape index (κ3) is 8.49. The third-order valence-electron chi connectivity index (χ3n) is 6.86. The Bertz CT molecular complexity index is 1140. The van der Waals surface area contributed by atoms with Crippen LogP contribution >= 0.6 is 0 Å². The van der Waals surface area contributed by atoms with Gasteiger partial charge >= 0.3 is 5.97 Å². The molecule has 2 aliphatic heterocycles. The molecule has 3 N–H and O–H groups in total. The lowest BCUT2D eigenvalue weighted by molar-refractivity contribution is -0.159. The van der Waals surface area contributed by atoms with E-state index >= 15 is 0 Å². The number of carbonyl (C=O) groups excluding carboxylic acids is 3. The van der Waals surface area contributed by atoms with Crippen LogP contribution in [-0.2, 0) is 20.7 Å². The van der Waals surface area contributed by atoms with Crippen LogP contribution in [0.3, 0.4) is 0 Å².